The van der Waals surface area contributed by atoms with Crippen LogP contribution < -0.4 is 9.47 Å². The first-order valence-corrected chi connectivity index (χ1v) is 7.54. The van der Waals surface area contributed by atoms with Crippen LogP contribution in [-0.4, -0.2) is 39.7 Å². The zero-order chi connectivity index (χ0) is 18.7. The van der Waals surface area contributed by atoms with Crippen molar-refractivity contribution < 1.29 is 13.9 Å². The summed E-state index contributed by atoms with van der Waals surface area (Å²) in [7, 11) is 2.82. The number of hydrogen-bond donors (Lipinski definition) is 2. The smallest absolute Gasteiger partial charge is 0.305 e. The minimum Gasteiger partial charge on any atom is -0.494 e. The van der Waals surface area contributed by atoms with E-state index in [2.05, 4.69) is 15.2 Å². The van der Waals surface area contributed by atoms with Gasteiger partial charge in [0.15, 0.2) is 0 Å². The van der Waals surface area contributed by atoms with E-state index in [1.54, 1.807) is 18.3 Å². The van der Waals surface area contributed by atoms with Gasteiger partial charge in [-0.3, -0.25) is 10.4 Å². The molecule has 26 heavy (non-hydrogen) atoms. The van der Waals surface area contributed by atoms with E-state index in [0.29, 0.717) is 11.2 Å². The molecule has 3 aromatic rings. The van der Waals surface area contributed by atoms with Crippen LogP contribution in [0, 0.1) is 16.8 Å². The third-order valence-electron chi connectivity index (χ3n) is 3.62. The van der Waals surface area contributed by atoms with Crippen molar-refractivity contribution in [1.29, 1.82) is 10.9 Å². The summed E-state index contributed by atoms with van der Waals surface area (Å²) < 4.78 is 26.1. The Labute approximate surface area is 148 Å². The standard InChI is InChI=1S/C16H16FN7O2/c1-23(22-19)15(18)24-12-7-10(17)8-13(25-2)14(12)21-16(24)26-9-11-5-3-4-6-20-11/h3-8,18-19H,9H2,1-2H3. The van der Waals surface area contributed by atoms with Crippen molar-refractivity contribution in [3.8, 4) is 11.8 Å². The molecule has 0 radical (unpaired) electrons. The quantitative estimate of drug-likeness (QED) is 0.315. The fraction of sp³-hybridized carbons (Fsp3) is 0.188. The molecule has 0 unspecified atom stereocenters. The first-order chi connectivity index (χ1) is 12.5. The molecule has 0 saturated carbocycles. The molecule has 0 aliphatic carbocycles. The molecular formula is C16H16FN7O2. The molecular weight excluding hydrogens is 341 g/mol. The molecule has 0 fully saturated rings. The van der Waals surface area contributed by atoms with Crippen molar-refractivity contribution in [2.24, 2.45) is 5.22 Å². The molecule has 0 bridgehead atoms. The lowest BCUT2D eigenvalue weighted by Crippen LogP contribution is -2.27. The molecule has 2 N–H and O–H groups in total. The number of halogens is 1. The van der Waals surface area contributed by atoms with Crippen LogP contribution >= 0.6 is 0 Å². The average Bonchev–Trinajstić information content (AvgIpc) is 3.03. The number of nitrogens with zero attached hydrogens (tertiary/aromatic N) is 5. The van der Waals surface area contributed by atoms with Crippen molar-refractivity contribution in [3.05, 3.63) is 48.0 Å². The Kier molecular flexibility index (Phi) is 4.74. The zero-order valence-electron chi connectivity index (χ0n) is 14.1. The van der Waals surface area contributed by atoms with Crippen LogP contribution in [0.15, 0.2) is 41.8 Å². The maximum atomic E-state index is 14.0. The highest BCUT2D eigenvalue weighted by Crippen LogP contribution is 2.30. The van der Waals surface area contributed by atoms with E-state index in [1.165, 1.54) is 30.9 Å². The highest BCUT2D eigenvalue weighted by Gasteiger charge is 2.22. The Morgan fingerprint density at radius 2 is 2.19 bits per heavy atom. The first-order valence-electron chi connectivity index (χ1n) is 7.54. The maximum Gasteiger partial charge on any atom is 0.305 e. The highest BCUT2D eigenvalue weighted by atomic mass is 19.1. The van der Waals surface area contributed by atoms with Gasteiger partial charge in [-0.1, -0.05) is 11.3 Å². The molecule has 2 aromatic heterocycles. The molecule has 0 amide bonds. The predicted molar refractivity (Wildman–Crippen MR) is 90.8 cm³/mol. The van der Waals surface area contributed by atoms with Gasteiger partial charge in [0.2, 0.25) is 5.96 Å². The number of rotatable bonds is 5. The number of nitrogens with one attached hydrogen (secondary N) is 2. The summed E-state index contributed by atoms with van der Waals surface area (Å²) in [6, 6.07) is 7.84. The van der Waals surface area contributed by atoms with Gasteiger partial charge in [-0.25, -0.2) is 14.0 Å². The molecule has 1 aromatic carbocycles. The summed E-state index contributed by atoms with van der Waals surface area (Å²) in [4.78, 5) is 8.49. The number of ether oxygens (including phenoxy) is 2. The van der Waals surface area contributed by atoms with E-state index < -0.39 is 5.82 Å². The van der Waals surface area contributed by atoms with Gasteiger partial charge < -0.3 is 9.47 Å². The van der Waals surface area contributed by atoms with Crippen molar-refractivity contribution >= 4 is 17.0 Å². The Morgan fingerprint density at radius 3 is 2.85 bits per heavy atom. The van der Waals surface area contributed by atoms with Gasteiger partial charge in [0.25, 0.3) is 0 Å². The molecule has 0 saturated heterocycles. The molecule has 134 valence electrons. The van der Waals surface area contributed by atoms with Crippen LogP contribution in [0.5, 0.6) is 11.8 Å². The molecule has 3 rings (SSSR count). The summed E-state index contributed by atoms with van der Waals surface area (Å²) in [5.74, 6) is -0.573. The Hall–Kier alpha value is -3.56. The molecule has 0 aliphatic heterocycles. The molecule has 0 spiro atoms. The number of aromatic nitrogens is 3. The van der Waals surface area contributed by atoms with Crippen LogP contribution in [0.25, 0.3) is 11.0 Å². The molecule has 0 aliphatic rings. The fourth-order valence-corrected chi connectivity index (χ4v) is 2.36. The van der Waals surface area contributed by atoms with E-state index in [9.17, 15) is 4.39 Å². The van der Waals surface area contributed by atoms with Crippen LogP contribution in [0.3, 0.4) is 0 Å². The van der Waals surface area contributed by atoms with Gasteiger partial charge in [-0.05, 0) is 12.1 Å². The van der Waals surface area contributed by atoms with Crippen molar-refractivity contribution in [1.82, 2.24) is 19.5 Å². The highest BCUT2D eigenvalue weighted by molar-refractivity contribution is 5.94. The van der Waals surface area contributed by atoms with E-state index in [0.717, 1.165) is 5.01 Å². The van der Waals surface area contributed by atoms with Crippen molar-refractivity contribution in [3.63, 3.8) is 0 Å². The zero-order valence-corrected chi connectivity index (χ0v) is 14.1. The van der Waals surface area contributed by atoms with Crippen LogP contribution in [0.2, 0.25) is 0 Å². The Balaban J connectivity index is 2.10. The number of benzene rings is 1. The number of methoxy groups -OCH3 is 1. The van der Waals surface area contributed by atoms with Gasteiger partial charge >= 0.3 is 6.01 Å². The summed E-state index contributed by atoms with van der Waals surface area (Å²) >= 11 is 0. The monoisotopic (exact) mass is 357 g/mol. The number of hydrogen-bond acceptors (Lipinski definition) is 7. The van der Waals surface area contributed by atoms with E-state index in [-0.39, 0.29) is 29.8 Å². The lowest BCUT2D eigenvalue weighted by Gasteiger charge is -2.15. The topological polar surface area (TPSA) is 112 Å². The first kappa shape index (κ1) is 17.3. The second-order valence-electron chi connectivity index (χ2n) is 5.26. The summed E-state index contributed by atoms with van der Waals surface area (Å²) in [5.41, 5.74) is 8.35. The van der Waals surface area contributed by atoms with Gasteiger partial charge in [0.05, 0.1) is 18.3 Å². The van der Waals surface area contributed by atoms with Gasteiger partial charge in [-0.15, -0.1) is 0 Å². The Bertz CT molecular complexity index is 958. The number of pyridine rings is 1. The predicted octanol–water partition coefficient (Wildman–Crippen LogP) is 2.82. The van der Waals surface area contributed by atoms with E-state index >= 15 is 0 Å². The summed E-state index contributed by atoms with van der Waals surface area (Å²) in [6.45, 7) is 0.101. The lowest BCUT2D eigenvalue weighted by atomic mass is 10.3. The fourth-order valence-electron chi connectivity index (χ4n) is 2.36. The minimum absolute atomic E-state index is 0.0371. The van der Waals surface area contributed by atoms with Gasteiger partial charge in [-0.2, -0.15) is 10.5 Å². The van der Waals surface area contributed by atoms with Crippen LogP contribution in [0.1, 0.15) is 5.69 Å². The van der Waals surface area contributed by atoms with Gasteiger partial charge in [0, 0.05) is 25.4 Å². The lowest BCUT2D eigenvalue weighted by molar-refractivity contribution is 0.272. The van der Waals surface area contributed by atoms with Gasteiger partial charge in [0.1, 0.15) is 23.7 Å². The average molecular weight is 357 g/mol. The third-order valence-corrected chi connectivity index (χ3v) is 3.62. The van der Waals surface area contributed by atoms with Crippen molar-refractivity contribution in [2.45, 2.75) is 6.61 Å². The molecule has 9 nitrogen and oxygen atoms in total. The summed E-state index contributed by atoms with van der Waals surface area (Å²) in [6.07, 6.45) is 1.63. The Morgan fingerprint density at radius 1 is 1.38 bits per heavy atom. The maximum absolute atomic E-state index is 14.0. The SMILES string of the molecule is COc1cc(F)cc2c1nc(OCc1ccccn1)n2C(=N)N(C)N=N. The van der Waals surface area contributed by atoms with Crippen LogP contribution in [-0.2, 0) is 6.61 Å². The minimum atomic E-state index is -0.551. The summed E-state index contributed by atoms with van der Waals surface area (Å²) in [5, 5.41) is 12.4. The second kappa shape index (κ2) is 7.13. The molecule has 0 atom stereocenters. The number of imidazole rings is 1. The van der Waals surface area contributed by atoms with Crippen molar-refractivity contribution in [2.75, 3.05) is 14.2 Å². The third kappa shape index (κ3) is 3.16. The second-order valence-corrected chi connectivity index (χ2v) is 5.26. The molecule has 2 heterocycles. The molecule has 10 heteroatoms. The van der Waals surface area contributed by atoms with E-state index in [1.807, 2.05) is 6.07 Å². The normalized spacial score (nSPS) is 10.6. The van der Waals surface area contributed by atoms with E-state index in [4.69, 9.17) is 20.4 Å². The van der Waals surface area contributed by atoms with Crippen LogP contribution in [0.4, 0.5) is 4.39 Å². The largest absolute Gasteiger partial charge is 0.494 e. The number of fused-ring (bicyclic) bond motifs is 1.